The lowest BCUT2D eigenvalue weighted by Gasteiger charge is -2.29. The summed E-state index contributed by atoms with van der Waals surface area (Å²) >= 11 is 1.57. The van der Waals surface area contributed by atoms with Crippen molar-refractivity contribution in [2.24, 2.45) is 0 Å². The first kappa shape index (κ1) is 12.0. The number of hydrogen-bond acceptors (Lipinski definition) is 4. The molecular formula is C12H19NO2S. The Labute approximate surface area is 100 Å². The highest BCUT2D eigenvalue weighted by Crippen LogP contribution is 2.29. The van der Waals surface area contributed by atoms with Gasteiger partial charge in [0.1, 0.15) is 6.10 Å². The summed E-state index contributed by atoms with van der Waals surface area (Å²) in [6.45, 7) is 0.700. The third kappa shape index (κ3) is 2.63. The average Bonchev–Trinajstić information content (AvgIpc) is 2.98. The zero-order valence-corrected chi connectivity index (χ0v) is 10.2. The number of β-amino-alcohol motifs (C(OH)–C–C–N with tert-alkyl or cyclic N) is 1. The maximum atomic E-state index is 9.95. The van der Waals surface area contributed by atoms with Crippen molar-refractivity contribution < 1.29 is 10.2 Å². The molecule has 1 fully saturated rings. The second kappa shape index (κ2) is 5.27. The molecule has 1 aliphatic rings. The van der Waals surface area contributed by atoms with Crippen LogP contribution in [0.5, 0.6) is 0 Å². The third-order valence-corrected chi connectivity index (χ3v) is 4.38. The smallest absolute Gasteiger partial charge is 0.101 e. The van der Waals surface area contributed by atoms with Gasteiger partial charge >= 0.3 is 0 Å². The third-order valence-electron chi connectivity index (χ3n) is 3.41. The van der Waals surface area contributed by atoms with Crippen LogP contribution in [-0.4, -0.2) is 28.9 Å². The predicted molar refractivity (Wildman–Crippen MR) is 65.6 cm³/mol. The van der Waals surface area contributed by atoms with E-state index in [1.54, 1.807) is 11.3 Å². The van der Waals surface area contributed by atoms with Crippen LogP contribution in [0.1, 0.15) is 36.7 Å². The molecule has 90 valence electrons. The van der Waals surface area contributed by atoms with Crippen LogP contribution in [0.25, 0.3) is 0 Å². The molecule has 0 saturated heterocycles. The zero-order valence-electron chi connectivity index (χ0n) is 9.35. The van der Waals surface area contributed by atoms with Crippen LogP contribution in [0.4, 0.5) is 0 Å². The number of aliphatic hydroxyl groups excluding tert-OH is 2. The van der Waals surface area contributed by atoms with E-state index in [0.29, 0.717) is 6.54 Å². The number of aliphatic hydroxyl groups is 2. The van der Waals surface area contributed by atoms with E-state index in [-0.39, 0.29) is 12.1 Å². The van der Waals surface area contributed by atoms with Gasteiger partial charge < -0.3 is 15.5 Å². The fraction of sp³-hybridized carbons (Fsp3) is 0.667. The van der Waals surface area contributed by atoms with E-state index < -0.39 is 6.10 Å². The summed E-state index contributed by atoms with van der Waals surface area (Å²) in [4.78, 5) is 0.985. The molecule has 3 nitrogen and oxygen atoms in total. The van der Waals surface area contributed by atoms with Crippen molar-refractivity contribution in [3.63, 3.8) is 0 Å². The van der Waals surface area contributed by atoms with Crippen LogP contribution < -0.4 is 5.32 Å². The van der Waals surface area contributed by atoms with Crippen molar-refractivity contribution >= 4 is 11.3 Å². The minimum absolute atomic E-state index is 0.141. The Morgan fingerprint density at radius 3 is 2.75 bits per heavy atom. The second-order valence-electron chi connectivity index (χ2n) is 4.56. The van der Waals surface area contributed by atoms with Crippen LogP contribution >= 0.6 is 11.3 Å². The van der Waals surface area contributed by atoms with Gasteiger partial charge in [-0.3, -0.25) is 0 Å². The molecule has 0 amide bonds. The minimum atomic E-state index is -0.455. The van der Waals surface area contributed by atoms with Gasteiger partial charge in [-0.2, -0.15) is 0 Å². The molecule has 3 N–H and O–H groups in total. The first-order chi connectivity index (χ1) is 7.76. The molecule has 0 spiro atoms. The maximum absolute atomic E-state index is 9.95. The molecule has 16 heavy (non-hydrogen) atoms. The quantitative estimate of drug-likeness (QED) is 0.735. The van der Waals surface area contributed by atoms with Crippen molar-refractivity contribution in [1.29, 1.82) is 0 Å². The normalized spacial score (nSPS) is 21.1. The standard InChI is InChI=1S/C12H19NO2S/c14-9-12(5-1-2-6-12)13-8-10(15)11-4-3-7-16-11/h3-4,7,10,13-15H,1-2,5-6,8-9H2. The molecule has 1 aliphatic carbocycles. The first-order valence-corrected chi connectivity index (χ1v) is 6.71. The summed E-state index contributed by atoms with van der Waals surface area (Å²) in [6, 6.07) is 3.89. The summed E-state index contributed by atoms with van der Waals surface area (Å²) in [6.07, 6.45) is 3.91. The molecular weight excluding hydrogens is 222 g/mol. The van der Waals surface area contributed by atoms with Gasteiger partial charge in [0.25, 0.3) is 0 Å². The predicted octanol–water partition coefficient (Wildman–Crippen LogP) is 1.68. The van der Waals surface area contributed by atoms with E-state index in [0.717, 1.165) is 17.7 Å². The molecule has 1 atom stereocenters. The summed E-state index contributed by atoms with van der Waals surface area (Å²) < 4.78 is 0. The molecule has 2 rings (SSSR count). The molecule has 1 aromatic heterocycles. The van der Waals surface area contributed by atoms with Crippen LogP contribution in [0.15, 0.2) is 17.5 Å². The molecule has 0 aromatic carbocycles. The Bertz CT molecular complexity index is 307. The van der Waals surface area contributed by atoms with E-state index in [4.69, 9.17) is 0 Å². The molecule has 4 heteroatoms. The molecule has 0 bridgehead atoms. The Balaban J connectivity index is 1.86. The van der Waals surface area contributed by atoms with Crippen molar-refractivity contribution in [2.75, 3.05) is 13.2 Å². The van der Waals surface area contributed by atoms with Crippen LogP contribution in [0.3, 0.4) is 0 Å². The fourth-order valence-corrected chi connectivity index (χ4v) is 3.05. The van der Waals surface area contributed by atoms with E-state index in [1.165, 1.54) is 12.8 Å². The van der Waals surface area contributed by atoms with Gasteiger partial charge in [-0.15, -0.1) is 11.3 Å². The van der Waals surface area contributed by atoms with Crippen molar-refractivity contribution in [3.8, 4) is 0 Å². The van der Waals surface area contributed by atoms with Crippen LogP contribution in [0, 0.1) is 0 Å². The van der Waals surface area contributed by atoms with Gasteiger partial charge in [-0.1, -0.05) is 18.9 Å². The number of hydrogen-bond donors (Lipinski definition) is 3. The van der Waals surface area contributed by atoms with Gasteiger partial charge in [0.05, 0.1) is 6.61 Å². The summed E-state index contributed by atoms with van der Waals surface area (Å²) in [7, 11) is 0. The molecule has 1 heterocycles. The minimum Gasteiger partial charge on any atom is -0.394 e. The molecule has 1 aromatic rings. The highest BCUT2D eigenvalue weighted by Gasteiger charge is 2.33. The van der Waals surface area contributed by atoms with Gasteiger partial charge in [-0.25, -0.2) is 0 Å². The second-order valence-corrected chi connectivity index (χ2v) is 5.54. The van der Waals surface area contributed by atoms with Crippen LogP contribution in [0.2, 0.25) is 0 Å². The summed E-state index contributed by atoms with van der Waals surface area (Å²) in [5, 5.41) is 24.7. The zero-order chi connectivity index (χ0) is 11.4. The number of thiophene rings is 1. The van der Waals surface area contributed by atoms with Gasteiger partial charge in [0.15, 0.2) is 0 Å². The Morgan fingerprint density at radius 2 is 2.19 bits per heavy atom. The summed E-state index contributed by atoms with van der Waals surface area (Å²) in [5.74, 6) is 0. The Hall–Kier alpha value is -0.420. The van der Waals surface area contributed by atoms with E-state index in [2.05, 4.69) is 5.32 Å². The number of nitrogens with one attached hydrogen (secondary N) is 1. The lowest BCUT2D eigenvalue weighted by Crippen LogP contribution is -2.47. The van der Waals surface area contributed by atoms with Crippen LogP contribution in [-0.2, 0) is 0 Å². The highest BCUT2D eigenvalue weighted by atomic mass is 32.1. The van der Waals surface area contributed by atoms with E-state index in [1.807, 2.05) is 17.5 Å². The monoisotopic (exact) mass is 241 g/mol. The molecule has 0 radical (unpaired) electrons. The summed E-state index contributed by atoms with van der Waals surface area (Å²) in [5.41, 5.74) is -0.141. The molecule has 1 saturated carbocycles. The fourth-order valence-electron chi connectivity index (χ4n) is 2.34. The van der Waals surface area contributed by atoms with Gasteiger partial charge in [-0.05, 0) is 24.3 Å². The van der Waals surface area contributed by atoms with E-state index in [9.17, 15) is 10.2 Å². The van der Waals surface area contributed by atoms with Gasteiger partial charge in [0, 0.05) is 17.0 Å². The van der Waals surface area contributed by atoms with E-state index >= 15 is 0 Å². The lowest BCUT2D eigenvalue weighted by molar-refractivity contribution is 0.124. The Kier molecular flexibility index (Phi) is 3.97. The average molecular weight is 241 g/mol. The lowest BCUT2D eigenvalue weighted by atomic mass is 9.98. The first-order valence-electron chi connectivity index (χ1n) is 5.83. The topological polar surface area (TPSA) is 52.5 Å². The maximum Gasteiger partial charge on any atom is 0.101 e. The number of rotatable bonds is 5. The van der Waals surface area contributed by atoms with Crippen molar-refractivity contribution in [3.05, 3.63) is 22.4 Å². The molecule has 1 unspecified atom stereocenters. The highest BCUT2D eigenvalue weighted by molar-refractivity contribution is 7.10. The largest absolute Gasteiger partial charge is 0.394 e. The van der Waals surface area contributed by atoms with Crippen molar-refractivity contribution in [2.45, 2.75) is 37.3 Å². The van der Waals surface area contributed by atoms with Gasteiger partial charge in [0.2, 0.25) is 0 Å². The Morgan fingerprint density at radius 1 is 1.44 bits per heavy atom. The van der Waals surface area contributed by atoms with Crippen molar-refractivity contribution in [1.82, 2.24) is 5.32 Å². The SMILES string of the molecule is OCC1(NCC(O)c2cccs2)CCCC1. The molecule has 0 aliphatic heterocycles.